The average molecular weight is 554 g/mol. The number of phenolic OH excluding ortho intramolecular Hbond substituents is 1. The van der Waals surface area contributed by atoms with Gasteiger partial charge in [0.05, 0.1) is 16.3 Å². The van der Waals surface area contributed by atoms with Gasteiger partial charge in [-0.2, -0.15) is 0 Å². The van der Waals surface area contributed by atoms with Crippen LogP contribution in [0.1, 0.15) is 11.1 Å². The van der Waals surface area contributed by atoms with Crippen LogP contribution >= 0.6 is 11.6 Å². The maximum Gasteiger partial charge on any atom is 0.265 e. The first-order chi connectivity index (χ1) is 16.8. The van der Waals surface area contributed by atoms with Crippen molar-refractivity contribution in [3.8, 4) is 5.75 Å². The Kier molecular flexibility index (Phi) is 6.54. The number of pyridine rings is 1. The fraction of sp³-hybridized carbons (Fsp3) is 0.0870. The third-order valence-corrected chi connectivity index (χ3v) is 8.44. The van der Waals surface area contributed by atoms with Crippen molar-refractivity contribution in [3.63, 3.8) is 0 Å². The van der Waals surface area contributed by atoms with Crippen LogP contribution in [-0.4, -0.2) is 26.9 Å². The molecule has 1 heterocycles. The van der Waals surface area contributed by atoms with Crippen molar-refractivity contribution in [1.29, 1.82) is 0 Å². The molecule has 0 atom stereocenters. The second kappa shape index (κ2) is 9.19. The summed E-state index contributed by atoms with van der Waals surface area (Å²) in [5, 5.41) is 10.5. The van der Waals surface area contributed by atoms with Gasteiger partial charge in [0.1, 0.15) is 27.2 Å². The molecule has 0 amide bonds. The molecule has 1 aromatic heterocycles. The summed E-state index contributed by atoms with van der Waals surface area (Å²) in [5.41, 5.74) is -0.597. The molecule has 0 saturated heterocycles. The molecule has 0 radical (unpaired) electrons. The maximum absolute atomic E-state index is 14.0. The molecular formula is C23H18ClF2N3O5S2. The van der Waals surface area contributed by atoms with Crippen molar-refractivity contribution in [2.75, 3.05) is 9.44 Å². The van der Waals surface area contributed by atoms with E-state index in [0.29, 0.717) is 0 Å². The Labute approximate surface area is 210 Å². The van der Waals surface area contributed by atoms with Crippen LogP contribution in [0.3, 0.4) is 0 Å². The highest BCUT2D eigenvalue weighted by Crippen LogP contribution is 2.38. The van der Waals surface area contributed by atoms with E-state index in [9.17, 15) is 30.7 Å². The van der Waals surface area contributed by atoms with Crippen molar-refractivity contribution in [2.45, 2.75) is 23.6 Å². The van der Waals surface area contributed by atoms with Crippen molar-refractivity contribution < 1.29 is 30.7 Å². The van der Waals surface area contributed by atoms with Gasteiger partial charge in [-0.25, -0.2) is 30.6 Å². The fourth-order valence-corrected chi connectivity index (χ4v) is 6.27. The van der Waals surface area contributed by atoms with E-state index >= 15 is 0 Å². The number of rotatable bonds is 6. The molecule has 0 saturated carbocycles. The predicted molar refractivity (Wildman–Crippen MR) is 132 cm³/mol. The lowest BCUT2D eigenvalue weighted by Gasteiger charge is -2.17. The molecule has 188 valence electrons. The minimum Gasteiger partial charge on any atom is -0.504 e. The van der Waals surface area contributed by atoms with Crippen molar-refractivity contribution >= 4 is 53.9 Å². The topological polar surface area (TPSA) is 125 Å². The van der Waals surface area contributed by atoms with E-state index < -0.39 is 52.7 Å². The molecule has 4 rings (SSSR count). The molecule has 3 aromatic carbocycles. The van der Waals surface area contributed by atoms with Crippen LogP contribution in [0.25, 0.3) is 10.9 Å². The molecule has 4 aromatic rings. The highest BCUT2D eigenvalue weighted by molar-refractivity contribution is 7.93. The first-order valence-electron chi connectivity index (χ1n) is 10.2. The van der Waals surface area contributed by atoms with Gasteiger partial charge in [0.25, 0.3) is 20.0 Å². The summed E-state index contributed by atoms with van der Waals surface area (Å²) >= 11 is 5.92. The maximum atomic E-state index is 14.0. The lowest BCUT2D eigenvalue weighted by molar-refractivity contribution is 0.463. The van der Waals surface area contributed by atoms with Gasteiger partial charge >= 0.3 is 0 Å². The van der Waals surface area contributed by atoms with Crippen LogP contribution in [0.2, 0.25) is 5.15 Å². The Morgan fingerprint density at radius 1 is 0.806 bits per heavy atom. The Morgan fingerprint density at radius 3 is 1.83 bits per heavy atom. The zero-order valence-electron chi connectivity index (χ0n) is 18.7. The molecule has 0 fully saturated rings. The number of sulfonamides is 2. The minimum atomic E-state index is -4.66. The zero-order valence-corrected chi connectivity index (χ0v) is 21.1. The summed E-state index contributed by atoms with van der Waals surface area (Å²) < 4.78 is 85.5. The summed E-state index contributed by atoms with van der Waals surface area (Å²) in [6.07, 6.45) is 0. The van der Waals surface area contributed by atoms with E-state index in [4.69, 9.17) is 11.6 Å². The van der Waals surface area contributed by atoms with E-state index in [0.717, 1.165) is 18.2 Å². The molecule has 3 N–H and O–H groups in total. The number of hydrogen-bond donors (Lipinski definition) is 3. The van der Waals surface area contributed by atoms with Gasteiger partial charge in [-0.15, -0.1) is 0 Å². The molecule has 0 spiro atoms. The lowest BCUT2D eigenvalue weighted by atomic mass is 10.2. The van der Waals surface area contributed by atoms with Crippen LogP contribution in [0, 0.1) is 25.5 Å². The number of fused-ring (bicyclic) bond motifs is 1. The number of anilines is 2. The first-order valence-corrected chi connectivity index (χ1v) is 13.5. The highest BCUT2D eigenvalue weighted by Gasteiger charge is 2.29. The lowest BCUT2D eigenvalue weighted by Crippen LogP contribution is -2.18. The summed E-state index contributed by atoms with van der Waals surface area (Å²) in [5.74, 6) is -2.20. The number of aromatic hydroxyl groups is 1. The Morgan fingerprint density at radius 2 is 1.31 bits per heavy atom. The van der Waals surface area contributed by atoms with Crippen LogP contribution in [0.5, 0.6) is 5.75 Å². The van der Waals surface area contributed by atoms with Gasteiger partial charge in [0, 0.05) is 16.5 Å². The molecule has 0 aliphatic carbocycles. The smallest absolute Gasteiger partial charge is 0.265 e. The van der Waals surface area contributed by atoms with Gasteiger partial charge < -0.3 is 5.11 Å². The second-order valence-corrected chi connectivity index (χ2v) is 11.5. The third kappa shape index (κ3) is 4.66. The number of halogens is 3. The Balaban J connectivity index is 1.93. The van der Waals surface area contributed by atoms with Gasteiger partial charge in [-0.3, -0.25) is 9.44 Å². The number of nitrogens with one attached hydrogen (secondary N) is 2. The average Bonchev–Trinajstić information content (AvgIpc) is 2.80. The van der Waals surface area contributed by atoms with Crippen LogP contribution in [0.15, 0.2) is 64.4 Å². The van der Waals surface area contributed by atoms with Gasteiger partial charge in [-0.05, 0) is 56.3 Å². The van der Waals surface area contributed by atoms with Crippen LogP contribution < -0.4 is 9.44 Å². The number of aromatic nitrogens is 1. The molecule has 0 bridgehead atoms. The molecule has 13 heteroatoms. The van der Waals surface area contributed by atoms with Gasteiger partial charge in [0.15, 0.2) is 5.75 Å². The summed E-state index contributed by atoms with van der Waals surface area (Å²) in [4.78, 5) is 2.50. The van der Waals surface area contributed by atoms with Crippen molar-refractivity contribution in [1.82, 2.24) is 4.98 Å². The summed E-state index contributed by atoms with van der Waals surface area (Å²) in [6.45, 7) is 2.71. The first kappa shape index (κ1) is 25.6. The number of phenols is 1. The Bertz CT molecular complexity index is 1750. The summed E-state index contributed by atoms with van der Waals surface area (Å²) in [7, 11) is -9.20. The van der Waals surface area contributed by atoms with Crippen molar-refractivity contribution in [3.05, 3.63) is 82.5 Å². The predicted octanol–water partition coefficient (Wildman–Crippen LogP) is 5.09. The molecule has 0 aliphatic rings. The van der Waals surface area contributed by atoms with Gasteiger partial charge in [0.2, 0.25) is 0 Å². The summed E-state index contributed by atoms with van der Waals surface area (Å²) in [6, 6.07) is 10.8. The number of nitrogens with zero attached hydrogens (tertiary/aromatic N) is 1. The third-order valence-electron chi connectivity index (χ3n) is 5.45. The highest BCUT2D eigenvalue weighted by atomic mass is 35.5. The zero-order chi connectivity index (χ0) is 26.4. The SMILES string of the molecule is Cc1c(F)cccc1NS(=O)(=O)c1cc(S(=O)(=O)Nc2cccc(F)c2C)c2ccc(Cl)nc2c1O. The monoisotopic (exact) mass is 553 g/mol. The normalized spacial score (nSPS) is 12.0. The van der Waals surface area contributed by atoms with E-state index in [2.05, 4.69) is 14.4 Å². The van der Waals surface area contributed by atoms with E-state index in [1.165, 1.54) is 50.2 Å². The van der Waals surface area contributed by atoms with E-state index in [1.54, 1.807) is 0 Å². The minimum absolute atomic E-state index is 0.0152. The van der Waals surface area contributed by atoms with Crippen LogP contribution in [-0.2, 0) is 20.0 Å². The fourth-order valence-electron chi connectivity index (χ4n) is 3.46. The quantitative estimate of drug-likeness (QED) is 0.286. The molecule has 8 nitrogen and oxygen atoms in total. The Hall–Kier alpha value is -3.48. The second-order valence-electron chi connectivity index (χ2n) is 7.79. The van der Waals surface area contributed by atoms with E-state index in [1.807, 2.05) is 0 Å². The molecule has 36 heavy (non-hydrogen) atoms. The molecule has 0 unspecified atom stereocenters. The van der Waals surface area contributed by atoms with Gasteiger partial charge in [-0.1, -0.05) is 23.7 Å². The number of benzene rings is 3. The van der Waals surface area contributed by atoms with Crippen molar-refractivity contribution in [2.24, 2.45) is 0 Å². The molecular weight excluding hydrogens is 536 g/mol. The molecule has 0 aliphatic heterocycles. The largest absolute Gasteiger partial charge is 0.504 e. The van der Waals surface area contributed by atoms with E-state index in [-0.39, 0.29) is 33.0 Å². The van der Waals surface area contributed by atoms with Crippen LogP contribution in [0.4, 0.5) is 20.2 Å². The standard InChI is InChI=1S/C23H18ClF2N3O5S2/c1-12-15(25)5-3-7-17(12)28-35(31,32)19-11-20(23(30)22-14(19)9-10-21(24)27-22)36(33,34)29-18-8-4-6-16(26)13(18)2/h3-11,28-30H,1-2H3. The number of hydrogen-bond acceptors (Lipinski definition) is 6.